The third kappa shape index (κ3) is 4.58. The van der Waals surface area contributed by atoms with Crippen molar-refractivity contribution in [1.82, 2.24) is 14.7 Å². The summed E-state index contributed by atoms with van der Waals surface area (Å²) in [5, 5.41) is 7.90. The van der Waals surface area contributed by atoms with E-state index in [1.807, 2.05) is 41.1 Å². The van der Waals surface area contributed by atoms with E-state index in [1.54, 1.807) is 0 Å². The van der Waals surface area contributed by atoms with Crippen molar-refractivity contribution in [3.63, 3.8) is 0 Å². The first-order valence-electron chi connectivity index (χ1n) is 10.1. The smallest absolute Gasteiger partial charge is 0.235 e. The van der Waals surface area contributed by atoms with Crippen LogP contribution in [-0.4, -0.2) is 43.8 Å². The summed E-state index contributed by atoms with van der Waals surface area (Å²) >= 11 is 6.92. The second-order valence-electron chi connectivity index (χ2n) is 7.48. The molecule has 0 radical (unpaired) electrons. The van der Waals surface area contributed by atoms with Crippen molar-refractivity contribution >= 4 is 40.0 Å². The van der Waals surface area contributed by atoms with E-state index in [0.29, 0.717) is 11.7 Å². The lowest BCUT2D eigenvalue weighted by atomic mass is 10.0. The molecule has 1 aromatic carbocycles. The molecule has 148 valence electrons. The molecule has 0 bridgehead atoms. The number of anilines is 1. The number of thioether (sulfide) groups is 1. The quantitative estimate of drug-likeness (QED) is 0.726. The summed E-state index contributed by atoms with van der Waals surface area (Å²) in [6, 6.07) is 12.0. The average molecular weight is 415 g/mol. The Labute approximate surface area is 175 Å². The Hall–Kier alpha value is -1.86. The number of carbonyl (C=O) groups excluding carboxylic acids is 1. The van der Waals surface area contributed by atoms with Crippen molar-refractivity contribution in [3.8, 4) is 5.69 Å². The highest BCUT2D eigenvalue weighted by Crippen LogP contribution is 2.35. The van der Waals surface area contributed by atoms with Crippen LogP contribution in [0.15, 0.2) is 36.4 Å². The molecular weight excluding hydrogens is 388 g/mol. The number of hydrogen-bond acceptors (Lipinski definition) is 4. The molecule has 1 saturated heterocycles. The topological polar surface area (TPSA) is 50.2 Å². The molecule has 28 heavy (non-hydrogen) atoms. The van der Waals surface area contributed by atoms with E-state index < -0.39 is 0 Å². The lowest BCUT2D eigenvalue weighted by Crippen LogP contribution is -2.25. The number of nitrogens with zero attached hydrogens (tertiary/aromatic N) is 3. The number of nitrogens with one attached hydrogen (secondary N) is 1. The number of carbonyl (C=O) groups is 1. The molecular formula is C21H26N4OS2. The Bertz CT molecular complexity index is 824. The molecule has 0 spiro atoms. The summed E-state index contributed by atoms with van der Waals surface area (Å²) in [5.74, 6) is 1.53. The molecule has 1 aromatic heterocycles. The highest BCUT2D eigenvalue weighted by Gasteiger charge is 2.23. The molecule has 0 unspecified atom stereocenters. The van der Waals surface area contributed by atoms with Gasteiger partial charge in [0.25, 0.3) is 0 Å². The lowest BCUT2D eigenvalue weighted by molar-refractivity contribution is -0.113. The third-order valence-corrected chi connectivity index (χ3v) is 6.98. The molecule has 1 aliphatic heterocycles. The second kappa shape index (κ2) is 9.09. The summed E-state index contributed by atoms with van der Waals surface area (Å²) in [6.07, 6.45) is 7.25. The van der Waals surface area contributed by atoms with E-state index in [9.17, 15) is 4.79 Å². The van der Waals surface area contributed by atoms with Crippen molar-refractivity contribution < 1.29 is 4.79 Å². The van der Waals surface area contributed by atoms with Crippen LogP contribution in [0.2, 0.25) is 0 Å². The van der Waals surface area contributed by atoms with Gasteiger partial charge in [-0.15, -0.1) is 0 Å². The third-order valence-electron chi connectivity index (χ3n) is 5.46. The van der Waals surface area contributed by atoms with Crippen LogP contribution in [0, 0.1) is 0 Å². The standard InChI is InChI=1S/C21H26N4OS2/c26-20(15-28-21(27)24-12-6-7-13-24)22-19-14-18(16-8-4-5-9-16)23-25(19)17-10-2-1-3-11-17/h1-3,10-11,14,16H,4-9,12-13,15H2,(H,22,26). The average Bonchev–Trinajstić information content (AvgIpc) is 3.48. The Balaban J connectivity index is 1.46. The summed E-state index contributed by atoms with van der Waals surface area (Å²) < 4.78 is 2.69. The van der Waals surface area contributed by atoms with Gasteiger partial charge < -0.3 is 10.2 Å². The van der Waals surface area contributed by atoms with Crippen LogP contribution in [0.1, 0.15) is 50.1 Å². The normalized spacial score (nSPS) is 17.2. The summed E-state index contributed by atoms with van der Waals surface area (Å²) in [4.78, 5) is 14.8. The van der Waals surface area contributed by atoms with Crippen LogP contribution in [-0.2, 0) is 4.79 Å². The van der Waals surface area contributed by atoms with Gasteiger partial charge in [0.05, 0.1) is 17.1 Å². The molecule has 2 aromatic rings. The van der Waals surface area contributed by atoms with E-state index >= 15 is 0 Å². The fraction of sp³-hybridized carbons (Fsp3) is 0.476. The number of hydrogen-bond donors (Lipinski definition) is 1. The van der Waals surface area contributed by atoms with Crippen molar-refractivity contribution in [1.29, 1.82) is 0 Å². The van der Waals surface area contributed by atoms with Crippen LogP contribution in [0.25, 0.3) is 5.69 Å². The number of para-hydroxylation sites is 1. The van der Waals surface area contributed by atoms with Gasteiger partial charge in [-0.05, 0) is 37.8 Å². The van der Waals surface area contributed by atoms with Gasteiger partial charge in [-0.3, -0.25) is 4.79 Å². The molecule has 4 rings (SSSR count). The first kappa shape index (κ1) is 19.5. The maximum Gasteiger partial charge on any atom is 0.235 e. The van der Waals surface area contributed by atoms with Gasteiger partial charge in [0.1, 0.15) is 10.1 Å². The minimum absolute atomic E-state index is 0.0402. The summed E-state index contributed by atoms with van der Waals surface area (Å²) in [6.45, 7) is 2.03. The van der Waals surface area contributed by atoms with Gasteiger partial charge in [-0.25, -0.2) is 4.68 Å². The highest BCUT2D eigenvalue weighted by molar-refractivity contribution is 8.23. The van der Waals surface area contributed by atoms with Crippen LogP contribution < -0.4 is 5.32 Å². The van der Waals surface area contributed by atoms with Gasteiger partial charge in [-0.2, -0.15) is 5.10 Å². The second-order valence-corrected chi connectivity index (χ2v) is 9.09. The number of amides is 1. The van der Waals surface area contributed by atoms with Gasteiger partial charge in [0.15, 0.2) is 0 Å². The van der Waals surface area contributed by atoms with Gasteiger partial charge in [0.2, 0.25) is 5.91 Å². The number of likely N-dealkylation sites (tertiary alicyclic amines) is 1. The van der Waals surface area contributed by atoms with E-state index in [1.165, 1.54) is 50.3 Å². The van der Waals surface area contributed by atoms with E-state index in [2.05, 4.69) is 10.2 Å². The van der Waals surface area contributed by atoms with Gasteiger partial charge >= 0.3 is 0 Å². The summed E-state index contributed by atoms with van der Waals surface area (Å²) in [5.41, 5.74) is 2.04. The molecule has 1 aliphatic carbocycles. The zero-order chi connectivity index (χ0) is 19.3. The molecule has 0 atom stereocenters. The van der Waals surface area contributed by atoms with Gasteiger partial charge in [0, 0.05) is 25.1 Å². The molecule has 2 aliphatic rings. The SMILES string of the molecule is O=C(CSC(=S)N1CCCC1)Nc1cc(C2CCCC2)nn1-c1ccccc1. The first-order valence-corrected chi connectivity index (χ1v) is 11.5. The van der Waals surface area contributed by atoms with Crippen molar-refractivity contribution in [3.05, 3.63) is 42.1 Å². The molecule has 2 fully saturated rings. The van der Waals surface area contributed by atoms with Crippen molar-refractivity contribution in [2.24, 2.45) is 0 Å². The molecule has 5 nitrogen and oxygen atoms in total. The molecule has 7 heteroatoms. The first-order chi connectivity index (χ1) is 13.7. The van der Waals surface area contributed by atoms with Crippen LogP contribution in [0.3, 0.4) is 0 Å². The predicted molar refractivity (Wildman–Crippen MR) is 119 cm³/mol. The number of thiocarbonyl (C=S) groups is 1. The van der Waals surface area contributed by atoms with Crippen LogP contribution >= 0.6 is 24.0 Å². The van der Waals surface area contributed by atoms with Crippen molar-refractivity contribution in [2.75, 3.05) is 24.2 Å². The maximum absolute atomic E-state index is 12.6. The van der Waals surface area contributed by atoms with E-state index in [-0.39, 0.29) is 5.91 Å². The Kier molecular flexibility index (Phi) is 6.32. The summed E-state index contributed by atoms with van der Waals surface area (Å²) in [7, 11) is 0. The molecule has 1 amide bonds. The van der Waals surface area contributed by atoms with Gasteiger partial charge in [-0.1, -0.05) is 55.0 Å². The zero-order valence-electron chi connectivity index (χ0n) is 16.0. The zero-order valence-corrected chi connectivity index (χ0v) is 17.6. The lowest BCUT2D eigenvalue weighted by Gasteiger charge is -2.17. The largest absolute Gasteiger partial charge is 0.358 e. The number of aromatic nitrogens is 2. The molecule has 1 saturated carbocycles. The fourth-order valence-electron chi connectivity index (χ4n) is 3.97. The highest BCUT2D eigenvalue weighted by atomic mass is 32.2. The Morgan fingerprint density at radius 1 is 1.14 bits per heavy atom. The van der Waals surface area contributed by atoms with Crippen LogP contribution in [0.5, 0.6) is 0 Å². The Morgan fingerprint density at radius 2 is 1.86 bits per heavy atom. The predicted octanol–water partition coefficient (Wildman–Crippen LogP) is 4.58. The minimum Gasteiger partial charge on any atom is -0.358 e. The van der Waals surface area contributed by atoms with E-state index in [4.69, 9.17) is 17.3 Å². The number of benzene rings is 1. The van der Waals surface area contributed by atoms with E-state index in [0.717, 1.165) is 34.6 Å². The fourth-order valence-corrected chi connectivity index (χ4v) is 5.02. The maximum atomic E-state index is 12.6. The monoisotopic (exact) mass is 414 g/mol. The van der Waals surface area contributed by atoms with Crippen LogP contribution in [0.4, 0.5) is 5.82 Å². The molecule has 1 N–H and O–H groups in total. The molecule has 2 heterocycles. The Morgan fingerprint density at radius 3 is 2.57 bits per heavy atom. The minimum atomic E-state index is -0.0402. The van der Waals surface area contributed by atoms with Crippen molar-refractivity contribution in [2.45, 2.75) is 44.4 Å². The number of rotatable bonds is 5.